The van der Waals surface area contributed by atoms with Gasteiger partial charge in [0.25, 0.3) is 0 Å². The van der Waals surface area contributed by atoms with E-state index >= 15 is 0 Å². The van der Waals surface area contributed by atoms with Crippen LogP contribution >= 0.6 is 11.3 Å². The predicted molar refractivity (Wildman–Crippen MR) is 212 cm³/mol. The minimum Gasteiger partial charge on any atom is -0.228 e. The zero-order chi connectivity index (χ0) is 33.4. The van der Waals surface area contributed by atoms with E-state index in [0.29, 0.717) is 0 Å². The molecule has 2 nitrogen and oxygen atoms in total. The summed E-state index contributed by atoms with van der Waals surface area (Å²) >= 11 is 1.89. The zero-order valence-corrected chi connectivity index (χ0v) is 28.6. The summed E-state index contributed by atoms with van der Waals surface area (Å²) < 4.78 is 2.68. The molecule has 0 spiro atoms. The standard InChI is InChI=1S/C47H32N2S/c1-47(2)39-21-12-18-35-32(37-19-11-20-38-34-17-9-10-22-43(34)50-45(37)38)25-26-36(44(35)39)33-24-23-31(27-40(33)47)46-48-41(29-13-5-3-6-14-29)28-42(49-46)30-15-7-4-8-16-30/h3-28H,1-2H3. The highest BCUT2D eigenvalue weighted by Gasteiger charge is 2.34. The lowest BCUT2D eigenvalue weighted by atomic mass is 9.67. The summed E-state index contributed by atoms with van der Waals surface area (Å²) in [7, 11) is 0. The topological polar surface area (TPSA) is 25.8 Å². The van der Waals surface area contributed by atoms with Crippen molar-refractivity contribution in [1.29, 1.82) is 0 Å². The minimum atomic E-state index is -0.237. The van der Waals surface area contributed by atoms with Crippen molar-refractivity contribution < 1.29 is 0 Å². The number of fused-ring (bicyclic) bond motifs is 5. The Balaban J connectivity index is 1.16. The van der Waals surface area contributed by atoms with Gasteiger partial charge in [-0.15, -0.1) is 11.3 Å². The van der Waals surface area contributed by atoms with Crippen LogP contribution in [0, 0.1) is 0 Å². The van der Waals surface area contributed by atoms with Crippen LogP contribution in [-0.2, 0) is 5.41 Å². The molecule has 10 rings (SSSR count). The number of benzene rings is 7. The maximum Gasteiger partial charge on any atom is 0.160 e. The van der Waals surface area contributed by atoms with Crippen LogP contribution in [-0.4, -0.2) is 9.97 Å². The van der Waals surface area contributed by atoms with Gasteiger partial charge in [-0.25, -0.2) is 9.97 Å². The highest BCUT2D eigenvalue weighted by molar-refractivity contribution is 7.26. The largest absolute Gasteiger partial charge is 0.228 e. The summed E-state index contributed by atoms with van der Waals surface area (Å²) in [5, 5.41) is 5.31. The molecule has 0 saturated carbocycles. The first-order chi connectivity index (χ1) is 24.5. The monoisotopic (exact) mass is 656 g/mol. The molecule has 7 aromatic carbocycles. The molecule has 9 aromatic rings. The molecule has 0 aliphatic heterocycles. The van der Waals surface area contributed by atoms with Gasteiger partial charge in [-0.1, -0.05) is 153 Å². The smallest absolute Gasteiger partial charge is 0.160 e. The lowest BCUT2D eigenvalue weighted by molar-refractivity contribution is 0.645. The molecule has 3 heteroatoms. The molecule has 0 bridgehead atoms. The molecule has 50 heavy (non-hydrogen) atoms. The first kappa shape index (κ1) is 29.1. The van der Waals surface area contributed by atoms with Crippen molar-refractivity contribution in [1.82, 2.24) is 9.97 Å². The zero-order valence-electron chi connectivity index (χ0n) is 27.8. The van der Waals surface area contributed by atoms with Crippen molar-refractivity contribution in [2.45, 2.75) is 19.3 Å². The van der Waals surface area contributed by atoms with Crippen molar-refractivity contribution >= 4 is 42.3 Å². The molecule has 0 amide bonds. The summed E-state index contributed by atoms with van der Waals surface area (Å²) in [6, 6.07) is 56.8. The van der Waals surface area contributed by atoms with Crippen LogP contribution in [0.3, 0.4) is 0 Å². The Morgan fingerprint density at radius 2 is 1.06 bits per heavy atom. The van der Waals surface area contributed by atoms with Gasteiger partial charge in [0.1, 0.15) is 0 Å². The van der Waals surface area contributed by atoms with Gasteiger partial charge in [-0.2, -0.15) is 0 Å². The second-order valence-electron chi connectivity index (χ2n) is 13.7. The van der Waals surface area contributed by atoms with E-state index in [2.05, 4.69) is 159 Å². The van der Waals surface area contributed by atoms with Gasteiger partial charge in [0.15, 0.2) is 5.82 Å². The number of rotatable bonds is 4. The average molecular weight is 657 g/mol. The third-order valence-electron chi connectivity index (χ3n) is 10.5. The summed E-state index contributed by atoms with van der Waals surface area (Å²) in [6.45, 7) is 4.73. The molecule has 0 fully saturated rings. The van der Waals surface area contributed by atoms with Gasteiger partial charge in [0.05, 0.1) is 11.4 Å². The average Bonchev–Trinajstić information content (AvgIpc) is 3.56. The van der Waals surface area contributed by atoms with E-state index in [1.807, 2.05) is 23.5 Å². The van der Waals surface area contributed by atoms with Gasteiger partial charge in [0, 0.05) is 47.8 Å². The number of hydrogen-bond acceptors (Lipinski definition) is 3. The summed E-state index contributed by atoms with van der Waals surface area (Å²) in [4.78, 5) is 10.3. The molecule has 2 heterocycles. The van der Waals surface area contributed by atoms with Crippen molar-refractivity contribution in [2.24, 2.45) is 0 Å². The maximum absolute atomic E-state index is 5.15. The number of aromatic nitrogens is 2. The van der Waals surface area contributed by atoms with Crippen LogP contribution in [0.4, 0.5) is 0 Å². The van der Waals surface area contributed by atoms with Crippen LogP contribution in [0.15, 0.2) is 158 Å². The highest BCUT2D eigenvalue weighted by Crippen LogP contribution is 2.52. The van der Waals surface area contributed by atoms with E-state index < -0.39 is 0 Å². The summed E-state index contributed by atoms with van der Waals surface area (Å²) in [5.74, 6) is 0.736. The number of nitrogens with zero attached hydrogens (tertiary/aromatic N) is 2. The van der Waals surface area contributed by atoms with Crippen molar-refractivity contribution in [3.63, 3.8) is 0 Å². The summed E-state index contributed by atoms with van der Waals surface area (Å²) in [6.07, 6.45) is 0. The number of hydrogen-bond donors (Lipinski definition) is 0. The van der Waals surface area contributed by atoms with Crippen LogP contribution in [0.1, 0.15) is 25.0 Å². The van der Waals surface area contributed by atoms with Crippen LogP contribution in [0.5, 0.6) is 0 Å². The first-order valence-corrected chi connectivity index (χ1v) is 18.0. The van der Waals surface area contributed by atoms with E-state index in [9.17, 15) is 0 Å². The third-order valence-corrected chi connectivity index (χ3v) is 11.7. The van der Waals surface area contributed by atoms with Crippen molar-refractivity contribution in [3.8, 4) is 56.2 Å². The Hall–Kier alpha value is -5.90. The van der Waals surface area contributed by atoms with Gasteiger partial charge in [-0.05, 0) is 56.8 Å². The molecule has 0 N–H and O–H groups in total. The van der Waals surface area contributed by atoms with Crippen molar-refractivity contribution in [2.75, 3.05) is 0 Å². The predicted octanol–water partition coefficient (Wildman–Crippen LogP) is 13.0. The summed E-state index contributed by atoms with van der Waals surface area (Å²) in [5.41, 5.74) is 12.6. The Morgan fingerprint density at radius 3 is 1.82 bits per heavy atom. The van der Waals surface area contributed by atoms with Crippen LogP contribution in [0.25, 0.3) is 87.1 Å². The normalized spacial score (nSPS) is 13.2. The van der Waals surface area contributed by atoms with Crippen LogP contribution < -0.4 is 0 Å². The Kier molecular flexibility index (Phi) is 6.43. The first-order valence-electron chi connectivity index (χ1n) is 17.2. The Labute approximate surface area is 295 Å². The highest BCUT2D eigenvalue weighted by atomic mass is 32.1. The lowest BCUT2D eigenvalue weighted by Crippen LogP contribution is -2.23. The molecule has 0 radical (unpaired) electrons. The SMILES string of the molecule is CC1(C)c2cc(-c3nc(-c4ccccc4)cc(-c4ccccc4)n3)ccc2-c2ccc(-c3cccc4c3sc3ccccc34)c3cccc1c23. The fourth-order valence-corrected chi connectivity index (χ4v) is 9.25. The molecular formula is C47H32N2S. The molecule has 2 aromatic heterocycles. The van der Waals surface area contributed by atoms with Gasteiger partial charge >= 0.3 is 0 Å². The maximum atomic E-state index is 5.15. The molecule has 0 saturated heterocycles. The number of thiophene rings is 1. The fraction of sp³-hybridized carbons (Fsp3) is 0.0638. The van der Waals surface area contributed by atoms with E-state index in [1.54, 1.807) is 0 Å². The Bertz CT molecular complexity index is 2720. The van der Waals surface area contributed by atoms with E-state index in [1.165, 1.54) is 64.3 Å². The van der Waals surface area contributed by atoms with E-state index in [-0.39, 0.29) is 5.41 Å². The molecule has 0 atom stereocenters. The van der Waals surface area contributed by atoms with E-state index in [0.717, 1.165) is 33.9 Å². The van der Waals surface area contributed by atoms with Gasteiger partial charge < -0.3 is 0 Å². The van der Waals surface area contributed by atoms with E-state index in [4.69, 9.17) is 9.97 Å². The lowest BCUT2D eigenvalue weighted by Gasteiger charge is -2.36. The molecule has 0 unspecified atom stereocenters. The molecular weight excluding hydrogens is 625 g/mol. The second-order valence-corrected chi connectivity index (χ2v) is 14.8. The Morgan fingerprint density at radius 1 is 0.440 bits per heavy atom. The molecule has 1 aliphatic carbocycles. The van der Waals surface area contributed by atoms with Gasteiger partial charge in [0.2, 0.25) is 0 Å². The molecule has 236 valence electrons. The quantitative estimate of drug-likeness (QED) is 0.188. The van der Waals surface area contributed by atoms with Gasteiger partial charge in [-0.3, -0.25) is 0 Å². The third kappa shape index (κ3) is 4.40. The second kappa shape index (κ2) is 11.1. The van der Waals surface area contributed by atoms with Crippen molar-refractivity contribution in [3.05, 3.63) is 169 Å². The fourth-order valence-electron chi connectivity index (χ4n) is 8.02. The minimum absolute atomic E-state index is 0.237. The molecule has 1 aliphatic rings. The van der Waals surface area contributed by atoms with Crippen LogP contribution in [0.2, 0.25) is 0 Å².